The molecule has 0 aliphatic carbocycles. The van der Waals surface area contributed by atoms with Crippen molar-refractivity contribution in [2.75, 3.05) is 13.2 Å². The predicted octanol–water partition coefficient (Wildman–Crippen LogP) is 16.8. The number of hydrogen-bond donors (Lipinski definition) is 0. The molecule has 0 amide bonds. The lowest BCUT2D eigenvalue weighted by Gasteiger charge is -2.18. The van der Waals surface area contributed by atoms with Crippen LogP contribution in [0.4, 0.5) is 0 Å². The third-order valence-electron chi connectivity index (χ3n) is 10.7. The van der Waals surface area contributed by atoms with Crippen molar-refractivity contribution in [3.8, 4) is 0 Å². The zero-order chi connectivity index (χ0) is 45.1. The zero-order valence-corrected chi connectivity index (χ0v) is 40.4. The smallest absolute Gasteiger partial charge is 0.306 e. The number of ether oxygens (including phenoxy) is 3. The molecule has 0 saturated carbocycles. The molecule has 0 aliphatic rings. The number of carbonyl (C=O) groups is 3. The van der Waals surface area contributed by atoms with Crippen molar-refractivity contribution < 1.29 is 28.6 Å². The van der Waals surface area contributed by atoms with Crippen LogP contribution in [0.1, 0.15) is 233 Å². The van der Waals surface area contributed by atoms with E-state index in [2.05, 4.69) is 106 Å². The van der Waals surface area contributed by atoms with Crippen LogP contribution in [0.3, 0.4) is 0 Å². The van der Waals surface area contributed by atoms with Crippen LogP contribution in [0, 0.1) is 0 Å². The Morgan fingerprint density at radius 1 is 0.339 bits per heavy atom. The molecule has 0 N–H and O–H groups in total. The molecular formula is C56H94O6. The second kappa shape index (κ2) is 50.2. The second-order valence-electron chi connectivity index (χ2n) is 16.7. The van der Waals surface area contributed by atoms with E-state index in [1.165, 1.54) is 83.5 Å². The first-order valence-electron chi connectivity index (χ1n) is 25.6. The van der Waals surface area contributed by atoms with E-state index in [0.717, 1.165) is 109 Å². The number of rotatable bonds is 45. The largest absolute Gasteiger partial charge is 0.462 e. The van der Waals surface area contributed by atoms with Crippen LogP contribution in [0.5, 0.6) is 0 Å². The molecule has 1 unspecified atom stereocenters. The molecule has 0 aromatic heterocycles. The van der Waals surface area contributed by atoms with Gasteiger partial charge in [-0.3, -0.25) is 14.4 Å². The van der Waals surface area contributed by atoms with Crippen molar-refractivity contribution in [3.63, 3.8) is 0 Å². The standard InChI is InChI=1S/C56H94O6/c1-4-7-10-13-16-18-19-20-21-22-23-24-25-26-27-28-29-30-31-32-33-34-35-36-37-39-40-43-46-49-55(58)61-52-53(51-60-54(57)48-45-42-15-12-9-6-3)62-56(59)50-47-44-41-38-17-14-11-8-5-2/h7,10,16,18,20-21,23-24,26-27,29-30,32-33,53H,4-6,8-9,11-15,17,19,22,25,28,31,34-52H2,1-3H3/b10-7-,18-16-,21-20-,24-23-,27-26-,30-29-,33-32-. The minimum atomic E-state index is -0.773. The summed E-state index contributed by atoms with van der Waals surface area (Å²) in [6, 6.07) is 0. The van der Waals surface area contributed by atoms with Crippen molar-refractivity contribution >= 4 is 17.9 Å². The molecular weight excluding hydrogens is 769 g/mol. The Morgan fingerprint density at radius 2 is 0.629 bits per heavy atom. The lowest BCUT2D eigenvalue weighted by molar-refractivity contribution is -0.167. The van der Waals surface area contributed by atoms with Gasteiger partial charge in [-0.2, -0.15) is 0 Å². The lowest BCUT2D eigenvalue weighted by Crippen LogP contribution is -2.30. The summed E-state index contributed by atoms with van der Waals surface area (Å²) in [5.41, 5.74) is 0. The minimum Gasteiger partial charge on any atom is -0.462 e. The summed E-state index contributed by atoms with van der Waals surface area (Å²) < 4.78 is 16.6. The van der Waals surface area contributed by atoms with Crippen LogP contribution in [0.25, 0.3) is 0 Å². The maximum Gasteiger partial charge on any atom is 0.306 e. The van der Waals surface area contributed by atoms with Crippen LogP contribution in [0.2, 0.25) is 0 Å². The molecule has 0 aromatic carbocycles. The molecule has 6 heteroatoms. The Morgan fingerprint density at radius 3 is 0.984 bits per heavy atom. The van der Waals surface area contributed by atoms with Gasteiger partial charge in [0.05, 0.1) is 0 Å². The molecule has 0 bridgehead atoms. The molecule has 1 atom stereocenters. The Labute approximate surface area is 382 Å². The number of allylic oxidation sites excluding steroid dienone is 14. The number of esters is 3. The van der Waals surface area contributed by atoms with Crippen molar-refractivity contribution in [3.05, 3.63) is 85.1 Å². The molecule has 62 heavy (non-hydrogen) atoms. The summed E-state index contributed by atoms with van der Waals surface area (Å²) in [4.78, 5) is 37.6. The molecule has 0 aromatic rings. The van der Waals surface area contributed by atoms with Crippen LogP contribution in [0.15, 0.2) is 85.1 Å². The number of unbranched alkanes of at least 4 members (excludes halogenated alkanes) is 20. The number of carbonyl (C=O) groups excluding carboxylic acids is 3. The summed E-state index contributed by atoms with van der Waals surface area (Å²) in [6.45, 7) is 6.42. The average molecular weight is 863 g/mol. The Balaban J connectivity index is 4.09. The first kappa shape index (κ1) is 58.6. The third-order valence-corrected chi connectivity index (χ3v) is 10.7. The van der Waals surface area contributed by atoms with Gasteiger partial charge in [0.1, 0.15) is 13.2 Å². The van der Waals surface area contributed by atoms with E-state index in [1.807, 2.05) is 0 Å². The highest BCUT2D eigenvalue weighted by Gasteiger charge is 2.19. The second-order valence-corrected chi connectivity index (χ2v) is 16.7. The van der Waals surface area contributed by atoms with Crippen molar-refractivity contribution in [2.24, 2.45) is 0 Å². The highest BCUT2D eigenvalue weighted by molar-refractivity contribution is 5.71. The minimum absolute atomic E-state index is 0.0787. The highest BCUT2D eigenvalue weighted by atomic mass is 16.6. The van der Waals surface area contributed by atoms with E-state index in [4.69, 9.17) is 14.2 Å². The van der Waals surface area contributed by atoms with Gasteiger partial charge in [0.15, 0.2) is 6.10 Å². The first-order valence-corrected chi connectivity index (χ1v) is 25.6. The lowest BCUT2D eigenvalue weighted by atomic mass is 10.1. The normalized spacial score (nSPS) is 12.8. The summed E-state index contributed by atoms with van der Waals surface area (Å²) in [5, 5.41) is 0. The quantitative estimate of drug-likeness (QED) is 0.0263. The Bertz CT molecular complexity index is 1220. The molecule has 0 aliphatic heterocycles. The van der Waals surface area contributed by atoms with Crippen LogP contribution < -0.4 is 0 Å². The Kier molecular flexibility index (Phi) is 47.5. The molecule has 0 spiro atoms. The average Bonchev–Trinajstić information content (AvgIpc) is 3.27. The zero-order valence-electron chi connectivity index (χ0n) is 40.4. The summed E-state index contributed by atoms with van der Waals surface area (Å²) in [5.74, 6) is -0.905. The van der Waals surface area contributed by atoms with Crippen LogP contribution >= 0.6 is 0 Å². The molecule has 0 radical (unpaired) electrons. The van der Waals surface area contributed by atoms with Crippen molar-refractivity contribution in [2.45, 2.75) is 239 Å². The first-order chi connectivity index (χ1) is 30.5. The molecule has 0 fully saturated rings. The molecule has 0 rings (SSSR count). The van der Waals surface area contributed by atoms with Gasteiger partial charge in [-0.1, -0.05) is 221 Å². The highest BCUT2D eigenvalue weighted by Crippen LogP contribution is 2.14. The fourth-order valence-electron chi connectivity index (χ4n) is 6.83. The summed E-state index contributed by atoms with van der Waals surface area (Å²) >= 11 is 0. The third kappa shape index (κ3) is 47.6. The van der Waals surface area contributed by atoms with Gasteiger partial charge in [0, 0.05) is 19.3 Å². The van der Waals surface area contributed by atoms with E-state index in [0.29, 0.717) is 19.3 Å². The van der Waals surface area contributed by atoms with Gasteiger partial charge in [0.2, 0.25) is 0 Å². The fraction of sp³-hybridized carbons (Fsp3) is 0.696. The van der Waals surface area contributed by atoms with E-state index < -0.39 is 6.10 Å². The Hall–Kier alpha value is -3.41. The summed E-state index contributed by atoms with van der Waals surface area (Å²) in [6.07, 6.45) is 64.6. The molecule has 0 heterocycles. The SMILES string of the molecule is CC/C=C\C/C=C\C/C=C\C/C=C\C/C=C\C/C=C\C/C=C\CCCCCCCCCC(=O)OCC(COC(=O)CCCCCCCC)OC(=O)CCCCCCCCCCC. The van der Waals surface area contributed by atoms with Gasteiger partial charge in [-0.05, 0) is 77.0 Å². The van der Waals surface area contributed by atoms with Crippen LogP contribution in [-0.4, -0.2) is 37.2 Å². The monoisotopic (exact) mass is 863 g/mol. The predicted molar refractivity (Wildman–Crippen MR) is 265 cm³/mol. The maximum absolute atomic E-state index is 12.6. The molecule has 354 valence electrons. The van der Waals surface area contributed by atoms with E-state index in [-0.39, 0.29) is 31.1 Å². The topological polar surface area (TPSA) is 78.9 Å². The van der Waals surface area contributed by atoms with Gasteiger partial charge in [-0.15, -0.1) is 0 Å². The fourth-order valence-corrected chi connectivity index (χ4v) is 6.83. The van der Waals surface area contributed by atoms with Crippen LogP contribution in [-0.2, 0) is 28.6 Å². The number of hydrogen-bond acceptors (Lipinski definition) is 6. The van der Waals surface area contributed by atoms with Gasteiger partial charge < -0.3 is 14.2 Å². The van der Waals surface area contributed by atoms with Crippen molar-refractivity contribution in [1.82, 2.24) is 0 Å². The van der Waals surface area contributed by atoms with Gasteiger partial charge in [0.25, 0.3) is 0 Å². The van der Waals surface area contributed by atoms with E-state index in [1.54, 1.807) is 0 Å². The van der Waals surface area contributed by atoms with E-state index in [9.17, 15) is 14.4 Å². The van der Waals surface area contributed by atoms with Gasteiger partial charge in [-0.25, -0.2) is 0 Å². The van der Waals surface area contributed by atoms with Crippen molar-refractivity contribution in [1.29, 1.82) is 0 Å². The van der Waals surface area contributed by atoms with Gasteiger partial charge >= 0.3 is 17.9 Å². The molecule has 0 saturated heterocycles. The summed E-state index contributed by atoms with van der Waals surface area (Å²) in [7, 11) is 0. The molecule has 6 nitrogen and oxygen atoms in total. The maximum atomic E-state index is 12.6. The van der Waals surface area contributed by atoms with E-state index >= 15 is 0 Å².